The maximum absolute atomic E-state index is 11.0. The largest absolute Gasteiger partial charge is 0.486 e. The van der Waals surface area contributed by atoms with Crippen molar-refractivity contribution in [3.05, 3.63) is 66.0 Å². The van der Waals surface area contributed by atoms with Gasteiger partial charge in [-0.15, -0.1) is 6.58 Å². The lowest BCUT2D eigenvalue weighted by atomic mass is 9.95. The molecule has 1 aromatic heterocycles. The third kappa shape index (κ3) is 22.8. The van der Waals surface area contributed by atoms with Crippen molar-refractivity contribution in [2.75, 3.05) is 6.61 Å². The molecular weight excluding hydrogens is 580 g/mol. The van der Waals surface area contributed by atoms with Crippen LogP contribution in [0.2, 0.25) is 0 Å². The van der Waals surface area contributed by atoms with E-state index in [9.17, 15) is 4.79 Å². The average Bonchev–Trinajstić information content (AvgIpc) is 3.45. The minimum absolute atomic E-state index is 0.0208. The Labute approximate surface area is 288 Å². The summed E-state index contributed by atoms with van der Waals surface area (Å²) in [6.07, 6.45) is 22.3. The van der Waals surface area contributed by atoms with Gasteiger partial charge in [-0.3, -0.25) is 14.5 Å². The summed E-state index contributed by atoms with van der Waals surface area (Å²) in [4.78, 5) is 15.7. The highest BCUT2D eigenvalue weighted by atomic mass is 16.5. The Hall–Kier alpha value is -3.28. The maximum Gasteiger partial charge on any atom is 0.167 e. The molecule has 6 heteroatoms. The Morgan fingerprint density at radius 1 is 1.09 bits per heavy atom. The standard InChI is InChI=1S/C21H31NO2.C11H17N3.C9H20/c1-6-9-19(7-2)11-8-10-17(4)22-21-13-12-20(14-16(21)3)24-15-18(5)23;1-4-11(12)6-9(2)5-10-7-13-14(3)8-10;1-4-6-7-8-9(3)5-2/h6,12-14,19H,1,7-11,15H2,2-5H3;6-8,12H,4-5H2,1-3H3;9H,4-8H2,1-3H3/b;9-6-,12-11?;. The fourth-order valence-electron chi connectivity index (χ4n) is 4.94. The zero-order chi connectivity index (χ0) is 35.6. The number of aliphatic imine (C=N–C) groups is 1. The number of hydrogen-bond acceptors (Lipinski definition) is 5. The Morgan fingerprint density at radius 2 is 1.81 bits per heavy atom. The van der Waals surface area contributed by atoms with Crippen molar-refractivity contribution < 1.29 is 9.53 Å². The van der Waals surface area contributed by atoms with Crippen LogP contribution in [0.4, 0.5) is 5.69 Å². The third-order valence-electron chi connectivity index (χ3n) is 8.19. The highest BCUT2D eigenvalue weighted by Crippen LogP contribution is 2.25. The number of carbonyl (C=O) groups excluding carboxylic acids is 1. The van der Waals surface area contributed by atoms with E-state index in [4.69, 9.17) is 15.1 Å². The zero-order valence-electron chi connectivity index (χ0n) is 31.8. The average molecular weight is 649 g/mol. The van der Waals surface area contributed by atoms with Gasteiger partial charge in [-0.05, 0) is 113 Å². The van der Waals surface area contributed by atoms with Crippen molar-refractivity contribution in [2.24, 2.45) is 23.9 Å². The Balaban J connectivity index is 0.000000772. The number of allylic oxidation sites excluding steroid dienone is 3. The molecule has 0 aliphatic heterocycles. The molecule has 0 bridgehead atoms. The van der Waals surface area contributed by atoms with E-state index in [0.29, 0.717) is 5.71 Å². The number of benzene rings is 1. The highest BCUT2D eigenvalue weighted by Gasteiger charge is 2.06. The summed E-state index contributed by atoms with van der Waals surface area (Å²) in [6.45, 7) is 22.8. The number of aryl methyl sites for hydroxylation is 2. The lowest BCUT2D eigenvalue weighted by Gasteiger charge is -2.12. The van der Waals surface area contributed by atoms with Gasteiger partial charge in [0.25, 0.3) is 0 Å². The van der Waals surface area contributed by atoms with Crippen molar-refractivity contribution in [1.82, 2.24) is 9.78 Å². The molecule has 1 N–H and O–H groups in total. The van der Waals surface area contributed by atoms with Gasteiger partial charge < -0.3 is 10.1 Å². The molecule has 2 atom stereocenters. The number of Topliss-reactive ketones (excluding diaryl/α,β-unsaturated/α-hetero) is 1. The van der Waals surface area contributed by atoms with Crippen molar-refractivity contribution in [1.29, 1.82) is 5.41 Å². The number of aromatic nitrogens is 2. The number of unbranched alkanes of at least 4 members (excludes halogenated alkanes) is 2. The van der Waals surface area contributed by atoms with Crippen LogP contribution in [0.25, 0.3) is 0 Å². The second kappa shape index (κ2) is 26.8. The van der Waals surface area contributed by atoms with E-state index in [0.717, 1.165) is 60.2 Å². The molecule has 0 aliphatic rings. The fourth-order valence-corrected chi connectivity index (χ4v) is 4.94. The fraction of sp³-hybridized carbons (Fsp3) is 0.610. The van der Waals surface area contributed by atoms with Crippen molar-refractivity contribution in [3.8, 4) is 5.75 Å². The number of carbonyl (C=O) groups is 1. The molecular formula is C41H68N4O2. The monoisotopic (exact) mass is 649 g/mol. The molecule has 0 fully saturated rings. The van der Waals surface area contributed by atoms with Gasteiger partial charge in [0.1, 0.15) is 12.4 Å². The Kier molecular flexibility index (Phi) is 24.9. The van der Waals surface area contributed by atoms with Gasteiger partial charge >= 0.3 is 0 Å². The van der Waals surface area contributed by atoms with Crippen molar-refractivity contribution in [2.45, 2.75) is 139 Å². The number of hydrogen-bond donors (Lipinski definition) is 1. The molecule has 2 rings (SSSR count). The van der Waals surface area contributed by atoms with Crippen LogP contribution < -0.4 is 4.74 Å². The molecule has 6 nitrogen and oxygen atoms in total. The van der Waals surface area contributed by atoms with Crippen LogP contribution >= 0.6 is 0 Å². The first-order valence-electron chi connectivity index (χ1n) is 18.0. The number of nitrogens with zero attached hydrogens (tertiary/aromatic N) is 3. The van der Waals surface area contributed by atoms with Crippen molar-refractivity contribution >= 4 is 22.9 Å². The number of nitrogens with one attached hydrogen (secondary N) is 1. The van der Waals surface area contributed by atoms with Gasteiger partial charge in [-0.1, -0.05) is 84.8 Å². The third-order valence-corrected chi connectivity index (χ3v) is 8.19. The summed E-state index contributed by atoms with van der Waals surface area (Å²) in [5.41, 5.74) is 6.29. The first-order valence-corrected chi connectivity index (χ1v) is 18.0. The van der Waals surface area contributed by atoms with Crippen LogP contribution in [0.5, 0.6) is 5.75 Å². The van der Waals surface area contributed by atoms with E-state index in [1.165, 1.54) is 69.4 Å². The van der Waals surface area contributed by atoms with Gasteiger partial charge in [0.05, 0.1) is 11.9 Å². The topological polar surface area (TPSA) is 80.3 Å². The van der Waals surface area contributed by atoms with E-state index in [1.54, 1.807) is 4.68 Å². The second-order valence-corrected chi connectivity index (χ2v) is 13.1. The minimum atomic E-state index is 0.0208. The smallest absolute Gasteiger partial charge is 0.167 e. The number of rotatable bonds is 20. The SMILES string of the molecule is C=CCC(CC)CCCC(C)=Nc1ccc(OCC(C)=O)cc1C.CCC(=N)/C=C(/C)Cc1cnn(C)c1.CCCCCC(C)CC. The predicted octanol–water partition coefficient (Wildman–Crippen LogP) is 11.8. The number of ketones is 1. The summed E-state index contributed by atoms with van der Waals surface area (Å²) in [7, 11) is 1.91. The highest BCUT2D eigenvalue weighted by molar-refractivity contribution is 5.92. The Bertz CT molecular complexity index is 1220. The molecule has 0 saturated carbocycles. The first kappa shape index (κ1) is 43.7. The summed E-state index contributed by atoms with van der Waals surface area (Å²) in [5.74, 6) is 2.44. The minimum Gasteiger partial charge on any atom is -0.486 e. The molecule has 0 amide bonds. The lowest BCUT2D eigenvalue weighted by Crippen LogP contribution is -2.06. The molecule has 2 unspecified atom stereocenters. The summed E-state index contributed by atoms with van der Waals surface area (Å²) in [5, 5.41) is 11.6. The predicted molar refractivity (Wildman–Crippen MR) is 205 cm³/mol. The van der Waals surface area contributed by atoms with Crippen LogP contribution in [0.3, 0.4) is 0 Å². The van der Waals surface area contributed by atoms with E-state index in [-0.39, 0.29) is 12.4 Å². The first-order chi connectivity index (χ1) is 22.4. The molecule has 264 valence electrons. The van der Waals surface area contributed by atoms with Gasteiger partial charge in [0.2, 0.25) is 0 Å². The summed E-state index contributed by atoms with van der Waals surface area (Å²) < 4.78 is 7.23. The van der Waals surface area contributed by atoms with Crippen LogP contribution in [-0.4, -0.2) is 33.6 Å². The van der Waals surface area contributed by atoms with E-state index in [1.807, 2.05) is 63.6 Å². The molecule has 0 radical (unpaired) electrons. The van der Waals surface area contributed by atoms with Crippen LogP contribution in [0, 0.1) is 24.2 Å². The van der Waals surface area contributed by atoms with Gasteiger partial charge in [-0.2, -0.15) is 5.10 Å². The summed E-state index contributed by atoms with van der Waals surface area (Å²) >= 11 is 0. The molecule has 0 aliphatic carbocycles. The molecule has 2 aromatic rings. The molecule has 1 heterocycles. The second-order valence-electron chi connectivity index (χ2n) is 13.1. The summed E-state index contributed by atoms with van der Waals surface area (Å²) in [6, 6.07) is 5.77. The van der Waals surface area contributed by atoms with Crippen LogP contribution in [0.15, 0.2) is 59.9 Å². The van der Waals surface area contributed by atoms with E-state index in [2.05, 4.69) is 53.2 Å². The normalized spacial score (nSPS) is 12.6. The zero-order valence-corrected chi connectivity index (χ0v) is 31.8. The number of ether oxygens (including phenoxy) is 1. The quantitative estimate of drug-likeness (QED) is 0.0881. The molecule has 0 saturated heterocycles. The molecule has 0 spiro atoms. The maximum atomic E-state index is 11.0. The molecule has 47 heavy (non-hydrogen) atoms. The van der Waals surface area contributed by atoms with Gasteiger partial charge in [0.15, 0.2) is 5.78 Å². The van der Waals surface area contributed by atoms with E-state index >= 15 is 0 Å². The van der Waals surface area contributed by atoms with Crippen LogP contribution in [-0.2, 0) is 18.3 Å². The van der Waals surface area contributed by atoms with Gasteiger partial charge in [0, 0.05) is 24.7 Å². The van der Waals surface area contributed by atoms with Crippen molar-refractivity contribution in [3.63, 3.8) is 0 Å². The van der Waals surface area contributed by atoms with E-state index < -0.39 is 0 Å². The lowest BCUT2D eigenvalue weighted by molar-refractivity contribution is -0.118. The molecule has 1 aromatic carbocycles. The van der Waals surface area contributed by atoms with Gasteiger partial charge in [-0.25, -0.2) is 0 Å². The Morgan fingerprint density at radius 3 is 2.34 bits per heavy atom. The van der Waals surface area contributed by atoms with Crippen LogP contribution in [0.1, 0.15) is 137 Å².